The lowest BCUT2D eigenvalue weighted by atomic mass is 10.2. The summed E-state index contributed by atoms with van der Waals surface area (Å²) in [4.78, 5) is 24.2. The number of amides is 1. The van der Waals surface area contributed by atoms with Crippen LogP contribution in [0.3, 0.4) is 0 Å². The van der Waals surface area contributed by atoms with Gasteiger partial charge >= 0.3 is 0 Å². The SMILES string of the molecule is CC(=O)N1CCN(c2cc(Oc3cccc(C)c3)ncn2)CC1C. The van der Waals surface area contributed by atoms with Crippen molar-refractivity contribution in [2.45, 2.75) is 26.8 Å². The lowest BCUT2D eigenvalue weighted by Crippen LogP contribution is -2.53. The Bertz CT molecular complexity index is 734. The van der Waals surface area contributed by atoms with E-state index in [1.807, 2.05) is 42.2 Å². The van der Waals surface area contributed by atoms with Crippen molar-refractivity contribution in [1.82, 2.24) is 14.9 Å². The van der Waals surface area contributed by atoms with E-state index in [2.05, 4.69) is 21.8 Å². The van der Waals surface area contributed by atoms with Crippen LogP contribution in [0.5, 0.6) is 11.6 Å². The number of carbonyl (C=O) groups is 1. The molecule has 1 unspecified atom stereocenters. The van der Waals surface area contributed by atoms with Gasteiger partial charge in [0, 0.05) is 38.7 Å². The van der Waals surface area contributed by atoms with Crippen molar-refractivity contribution < 1.29 is 9.53 Å². The largest absolute Gasteiger partial charge is 0.439 e. The van der Waals surface area contributed by atoms with E-state index >= 15 is 0 Å². The zero-order valence-electron chi connectivity index (χ0n) is 14.3. The molecule has 0 bridgehead atoms. The molecule has 0 spiro atoms. The van der Waals surface area contributed by atoms with E-state index < -0.39 is 0 Å². The predicted molar refractivity (Wildman–Crippen MR) is 92.3 cm³/mol. The summed E-state index contributed by atoms with van der Waals surface area (Å²) in [7, 11) is 0. The van der Waals surface area contributed by atoms with Gasteiger partial charge in [0.25, 0.3) is 0 Å². The Hall–Kier alpha value is -2.63. The molecule has 2 aromatic rings. The summed E-state index contributed by atoms with van der Waals surface area (Å²) in [5, 5.41) is 0. The molecule has 2 heterocycles. The van der Waals surface area contributed by atoms with Crippen LogP contribution in [0.25, 0.3) is 0 Å². The number of hydrogen-bond donors (Lipinski definition) is 0. The highest BCUT2D eigenvalue weighted by molar-refractivity contribution is 5.74. The first-order valence-electron chi connectivity index (χ1n) is 8.11. The van der Waals surface area contributed by atoms with Crippen molar-refractivity contribution in [3.05, 3.63) is 42.2 Å². The number of carbonyl (C=O) groups excluding carboxylic acids is 1. The first-order valence-corrected chi connectivity index (χ1v) is 8.11. The lowest BCUT2D eigenvalue weighted by molar-refractivity contribution is -0.131. The third-order valence-corrected chi connectivity index (χ3v) is 4.20. The summed E-state index contributed by atoms with van der Waals surface area (Å²) in [6.07, 6.45) is 1.52. The molecular formula is C18H22N4O2. The fourth-order valence-corrected chi connectivity index (χ4v) is 2.99. The normalized spacial score (nSPS) is 17.7. The van der Waals surface area contributed by atoms with Crippen LogP contribution in [0, 0.1) is 6.92 Å². The quantitative estimate of drug-likeness (QED) is 0.868. The number of hydrogen-bond acceptors (Lipinski definition) is 5. The maximum absolute atomic E-state index is 11.6. The van der Waals surface area contributed by atoms with Crippen LogP contribution in [-0.2, 0) is 4.79 Å². The molecule has 0 N–H and O–H groups in total. The lowest BCUT2D eigenvalue weighted by Gasteiger charge is -2.39. The molecule has 1 atom stereocenters. The number of benzene rings is 1. The maximum Gasteiger partial charge on any atom is 0.224 e. The summed E-state index contributed by atoms with van der Waals surface area (Å²) < 4.78 is 5.83. The van der Waals surface area contributed by atoms with Crippen LogP contribution < -0.4 is 9.64 Å². The van der Waals surface area contributed by atoms with Crippen LogP contribution in [0.1, 0.15) is 19.4 Å². The van der Waals surface area contributed by atoms with E-state index in [0.717, 1.165) is 30.2 Å². The van der Waals surface area contributed by atoms with Crippen molar-refractivity contribution in [1.29, 1.82) is 0 Å². The number of nitrogens with zero attached hydrogens (tertiary/aromatic N) is 4. The van der Waals surface area contributed by atoms with Gasteiger partial charge in [-0.2, -0.15) is 0 Å². The van der Waals surface area contributed by atoms with Crippen LogP contribution in [0.2, 0.25) is 0 Å². The van der Waals surface area contributed by atoms with E-state index in [1.54, 1.807) is 6.92 Å². The van der Waals surface area contributed by atoms with Crippen molar-refractivity contribution >= 4 is 11.7 Å². The average molecular weight is 326 g/mol. The average Bonchev–Trinajstić information content (AvgIpc) is 2.54. The molecule has 6 nitrogen and oxygen atoms in total. The van der Waals surface area contributed by atoms with Gasteiger partial charge in [-0.1, -0.05) is 12.1 Å². The molecule has 1 fully saturated rings. The first-order chi connectivity index (χ1) is 11.5. The Morgan fingerprint density at radius 2 is 2.08 bits per heavy atom. The first kappa shape index (κ1) is 16.2. The molecule has 1 aromatic carbocycles. The Morgan fingerprint density at radius 3 is 2.79 bits per heavy atom. The number of ether oxygens (including phenoxy) is 1. The zero-order chi connectivity index (χ0) is 17.1. The van der Waals surface area contributed by atoms with E-state index in [4.69, 9.17) is 4.74 Å². The second kappa shape index (κ2) is 6.86. The Labute approximate surface area is 142 Å². The highest BCUT2D eigenvalue weighted by Crippen LogP contribution is 2.24. The summed E-state index contributed by atoms with van der Waals surface area (Å²) in [5.74, 6) is 2.22. The summed E-state index contributed by atoms with van der Waals surface area (Å²) in [6, 6.07) is 9.85. The van der Waals surface area contributed by atoms with E-state index in [9.17, 15) is 4.79 Å². The van der Waals surface area contributed by atoms with Crippen molar-refractivity contribution in [3.63, 3.8) is 0 Å². The number of piperazine rings is 1. The van der Waals surface area contributed by atoms with Crippen LogP contribution in [-0.4, -0.2) is 46.5 Å². The van der Waals surface area contributed by atoms with Crippen molar-refractivity contribution in [2.75, 3.05) is 24.5 Å². The molecule has 1 aromatic heterocycles. The summed E-state index contributed by atoms with van der Waals surface area (Å²) >= 11 is 0. The molecule has 24 heavy (non-hydrogen) atoms. The van der Waals surface area contributed by atoms with Crippen LogP contribution >= 0.6 is 0 Å². The minimum atomic E-state index is 0.119. The van der Waals surface area contributed by atoms with Crippen LogP contribution in [0.4, 0.5) is 5.82 Å². The highest BCUT2D eigenvalue weighted by atomic mass is 16.5. The molecule has 1 saturated heterocycles. The van der Waals surface area contributed by atoms with Gasteiger partial charge in [0.15, 0.2) is 0 Å². The van der Waals surface area contributed by atoms with Gasteiger partial charge in [-0.15, -0.1) is 0 Å². The fourth-order valence-electron chi connectivity index (χ4n) is 2.99. The minimum absolute atomic E-state index is 0.119. The number of anilines is 1. The molecule has 6 heteroatoms. The van der Waals surface area contributed by atoms with Crippen molar-refractivity contribution in [3.8, 4) is 11.6 Å². The molecule has 1 aliphatic heterocycles. The summed E-state index contributed by atoms with van der Waals surface area (Å²) in [5.41, 5.74) is 1.14. The number of aryl methyl sites for hydroxylation is 1. The molecule has 126 valence electrons. The van der Waals surface area contributed by atoms with Gasteiger partial charge < -0.3 is 14.5 Å². The molecule has 0 radical (unpaired) electrons. The van der Waals surface area contributed by atoms with Gasteiger partial charge in [-0.25, -0.2) is 9.97 Å². The molecule has 3 rings (SSSR count). The van der Waals surface area contributed by atoms with E-state index in [0.29, 0.717) is 12.4 Å². The number of aromatic nitrogens is 2. The molecular weight excluding hydrogens is 304 g/mol. The zero-order valence-corrected chi connectivity index (χ0v) is 14.3. The third-order valence-electron chi connectivity index (χ3n) is 4.20. The second-order valence-electron chi connectivity index (χ2n) is 6.14. The Morgan fingerprint density at radius 1 is 1.25 bits per heavy atom. The number of rotatable bonds is 3. The van der Waals surface area contributed by atoms with Gasteiger partial charge in [0.2, 0.25) is 11.8 Å². The smallest absolute Gasteiger partial charge is 0.224 e. The third kappa shape index (κ3) is 3.64. The highest BCUT2D eigenvalue weighted by Gasteiger charge is 2.26. The predicted octanol–water partition coefficient (Wildman–Crippen LogP) is 2.63. The fraction of sp³-hybridized carbons (Fsp3) is 0.389. The Kier molecular flexibility index (Phi) is 4.64. The van der Waals surface area contributed by atoms with Gasteiger partial charge in [0.05, 0.1) is 0 Å². The van der Waals surface area contributed by atoms with Crippen molar-refractivity contribution in [2.24, 2.45) is 0 Å². The molecule has 0 saturated carbocycles. The maximum atomic E-state index is 11.6. The standard InChI is InChI=1S/C18H22N4O2/c1-13-5-4-6-16(9-13)24-18-10-17(19-12-20-18)21-7-8-22(15(3)23)14(2)11-21/h4-6,9-10,12,14H,7-8,11H2,1-3H3. The molecule has 1 amide bonds. The Balaban J connectivity index is 1.73. The topological polar surface area (TPSA) is 58.6 Å². The van der Waals surface area contributed by atoms with Gasteiger partial charge in [-0.3, -0.25) is 4.79 Å². The van der Waals surface area contributed by atoms with Gasteiger partial charge in [0.1, 0.15) is 17.9 Å². The van der Waals surface area contributed by atoms with Crippen LogP contribution in [0.15, 0.2) is 36.7 Å². The van der Waals surface area contributed by atoms with Gasteiger partial charge in [-0.05, 0) is 31.5 Å². The molecule has 1 aliphatic rings. The summed E-state index contributed by atoms with van der Waals surface area (Å²) in [6.45, 7) is 7.90. The second-order valence-corrected chi connectivity index (χ2v) is 6.14. The van der Waals surface area contributed by atoms with E-state index in [1.165, 1.54) is 6.33 Å². The van der Waals surface area contributed by atoms with E-state index in [-0.39, 0.29) is 11.9 Å². The monoisotopic (exact) mass is 326 g/mol. The minimum Gasteiger partial charge on any atom is -0.439 e. The molecule has 0 aliphatic carbocycles.